The van der Waals surface area contributed by atoms with Crippen molar-refractivity contribution in [2.24, 2.45) is 11.8 Å². The number of piperidine rings is 1. The van der Waals surface area contributed by atoms with Gasteiger partial charge in [0, 0.05) is 39.0 Å². The predicted octanol–water partition coefficient (Wildman–Crippen LogP) is 2.30. The molecule has 2 fully saturated rings. The maximum absolute atomic E-state index is 12.7. The molecule has 5 heteroatoms. The van der Waals surface area contributed by atoms with E-state index in [2.05, 4.69) is 13.8 Å². The normalized spacial score (nSPS) is 23.4. The van der Waals surface area contributed by atoms with Crippen LogP contribution in [0.5, 0.6) is 0 Å². The molecule has 1 atom stereocenters. The van der Waals surface area contributed by atoms with Crippen molar-refractivity contribution in [3.63, 3.8) is 0 Å². The molecule has 0 spiro atoms. The lowest BCUT2D eigenvalue weighted by molar-refractivity contribution is -0.146. The summed E-state index contributed by atoms with van der Waals surface area (Å²) in [6.07, 6.45) is 5.23. The number of likely N-dealkylation sites (tertiary alicyclic amines) is 1. The summed E-state index contributed by atoms with van der Waals surface area (Å²) in [4.78, 5) is 27.9. The van der Waals surface area contributed by atoms with E-state index in [9.17, 15) is 9.59 Å². The third-order valence-electron chi connectivity index (χ3n) is 5.05. The van der Waals surface area contributed by atoms with E-state index in [1.54, 1.807) is 6.92 Å². The van der Waals surface area contributed by atoms with E-state index in [1.807, 2.05) is 9.80 Å². The average Bonchev–Trinajstić information content (AvgIpc) is 2.54. The first kappa shape index (κ1) is 18.2. The second-order valence-corrected chi connectivity index (χ2v) is 7.38. The largest absolute Gasteiger partial charge is 0.375 e. The highest BCUT2D eigenvalue weighted by Crippen LogP contribution is 2.22. The van der Waals surface area contributed by atoms with Crippen LogP contribution < -0.4 is 0 Å². The monoisotopic (exact) mass is 324 g/mol. The second-order valence-electron chi connectivity index (χ2n) is 7.38. The van der Waals surface area contributed by atoms with Gasteiger partial charge in [-0.2, -0.15) is 0 Å². The molecule has 0 bridgehead atoms. The molecule has 0 aromatic carbocycles. The first-order chi connectivity index (χ1) is 11.0. The Morgan fingerprint density at radius 3 is 2.43 bits per heavy atom. The van der Waals surface area contributed by atoms with Crippen LogP contribution in [0.25, 0.3) is 0 Å². The third-order valence-corrected chi connectivity index (χ3v) is 5.05. The molecule has 0 radical (unpaired) electrons. The summed E-state index contributed by atoms with van der Waals surface area (Å²) in [6, 6.07) is 0. The van der Waals surface area contributed by atoms with E-state index < -0.39 is 0 Å². The SMILES string of the molecule is CC(=O)N1CCC(C(=O)N2CCO[C@@H](CCCC(C)C)C2)CC1. The summed E-state index contributed by atoms with van der Waals surface area (Å²) in [5.74, 6) is 1.20. The topological polar surface area (TPSA) is 49.9 Å². The van der Waals surface area contributed by atoms with Crippen LogP contribution in [0, 0.1) is 11.8 Å². The standard InChI is InChI=1S/C18H32N2O3/c1-14(2)5-4-6-17-13-20(11-12-23-17)18(22)16-7-9-19(10-8-16)15(3)21/h14,16-17H,4-13H2,1-3H3/t17-/m0/s1. The van der Waals surface area contributed by atoms with Crippen molar-refractivity contribution in [3.05, 3.63) is 0 Å². The Labute approximate surface area is 140 Å². The molecule has 132 valence electrons. The lowest BCUT2D eigenvalue weighted by atomic mass is 9.94. The fraction of sp³-hybridized carbons (Fsp3) is 0.889. The number of ether oxygens (including phenoxy) is 1. The quantitative estimate of drug-likeness (QED) is 0.780. The Bertz CT molecular complexity index is 403. The van der Waals surface area contributed by atoms with Gasteiger partial charge in [-0.25, -0.2) is 0 Å². The molecule has 2 amide bonds. The molecule has 2 saturated heterocycles. The van der Waals surface area contributed by atoms with Gasteiger partial charge in [0.2, 0.25) is 11.8 Å². The minimum atomic E-state index is 0.0833. The van der Waals surface area contributed by atoms with E-state index in [-0.39, 0.29) is 23.8 Å². The van der Waals surface area contributed by atoms with Gasteiger partial charge in [-0.1, -0.05) is 26.7 Å². The molecule has 0 aromatic rings. The second kappa shape index (κ2) is 8.67. The highest BCUT2D eigenvalue weighted by Gasteiger charge is 2.32. The Balaban J connectivity index is 1.77. The molecule has 2 rings (SSSR count). The van der Waals surface area contributed by atoms with Gasteiger partial charge in [-0.3, -0.25) is 9.59 Å². The summed E-state index contributed by atoms with van der Waals surface area (Å²) in [5, 5.41) is 0. The average molecular weight is 324 g/mol. The van der Waals surface area contributed by atoms with E-state index in [0.29, 0.717) is 26.2 Å². The number of nitrogens with zero attached hydrogens (tertiary/aromatic N) is 2. The summed E-state index contributed by atoms with van der Waals surface area (Å²) in [6.45, 7) is 9.63. The highest BCUT2D eigenvalue weighted by atomic mass is 16.5. The third kappa shape index (κ3) is 5.48. The smallest absolute Gasteiger partial charge is 0.225 e. The zero-order chi connectivity index (χ0) is 16.8. The van der Waals surface area contributed by atoms with Crippen molar-refractivity contribution < 1.29 is 14.3 Å². The Morgan fingerprint density at radius 1 is 1.13 bits per heavy atom. The maximum atomic E-state index is 12.7. The zero-order valence-electron chi connectivity index (χ0n) is 14.9. The van der Waals surface area contributed by atoms with Crippen molar-refractivity contribution in [2.75, 3.05) is 32.8 Å². The summed E-state index contributed by atoms with van der Waals surface area (Å²) in [5.41, 5.74) is 0. The van der Waals surface area contributed by atoms with Gasteiger partial charge in [0.15, 0.2) is 0 Å². The van der Waals surface area contributed by atoms with E-state index in [1.165, 1.54) is 12.8 Å². The van der Waals surface area contributed by atoms with Crippen molar-refractivity contribution in [1.29, 1.82) is 0 Å². The Morgan fingerprint density at radius 2 is 1.83 bits per heavy atom. The lowest BCUT2D eigenvalue weighted by Gasteiger charge is -2.37. The summed E-state index contributed by atoms with van der Waals surface area (Å²) >= 11 is 0. The summed E-state index contributed by atoms with van der Waals surface area (Å²) < 4.78 is 5.83. The van der Waals surface area contributed by atoms with Crippen LogP contribution in [0.3, 0.4) is 0 Å². The van der Waals surface area contributed by atoms with Gasteiger partial charge in [-0.15, -0.1) is 0 Å². The first-order valence-electron chi connectivity index (χ1n) is 9.13. The van der Waals surface area contributed by atoms with Crippen LogP contribution in [0.1, 0.15) is 52.9 Å². The lowest BCUT2D eigenvalue weighted by Crippen LogP contribution is -2.50. The molecule has 0 saturated carbocycles. The Kier molecular flexibility index (Phi) is 6.88. The molecule has 23 heavy (non-hydrogen) atoms. The number of hydrogen-bond acceptors (Lipinski definition) is 3. The molecule has 0 unspecified atom stereocenters. The molecule has 2 heterocycles. The molecular weight excluding hydrogens is 292 g/mol. The van der Waals surface area contributed by atoms with Crippen LogP contribution in [-0.4, -0.2) is 60.5 Å². The van der Waals surface area contributed by atoms with Gasteiger partial charge < -0.3 is 14.5 Å². The maximum Gasteiger partial charge on any atom is 0.225 e. The Hall–Kier alpha value is -1.10. The van der Waals surface area contributed by atoms with Gasteiger partial charge in [-0.05, 0) is 25.2 Å². The van der Waals surface area contributed by atoms with E-state index >= 15 is 0 Å². The number of morpholine rings is 1. The molecule has 0 aromatic heterocycles. The number of amides is 2. The summed E-state index contributed by atoms with van der Waals surface area (Å²) in [7, 11) is 0. The molecular formula is C18H32N2O3. The van der Waals surface area contributed by atoms with Gasteiger partial charge in [0.25, 0.3) is 0 Å². The number of rotatable bonds is 5. The van der Waals surface area contributed by atoms with Crippen LogP contribution in [0.15, 0.2) is 0 Å². The van der Waals surface area contributed by atoms with E-state index in [0.717, 1.165) is 31.7 Å². The number of carbonyl (C=O) groups is 2. The fourth-order valence-corrected chi connectivity index (χ4v) is 3.55. The van der Waals surface area contributed by atoms with Gasteiger partial charge in [0.1, 0.15) is 0 Å². The number of carbonyl (C=O) groups excluding carboxylic acids is 2. The number of hydrogen-bond donors (Lipinski definition) is 0. The fourth-order valence-electron chi connectivity index (χ4n) is 3.55. The predicted molar refractivity (Wildman–Crippen MR) is 90.0 cm³/mol. The van der Waals surface area contributed by atoms with Crippen molar-refractivity contribution in [3.8, 4) is 0 Å². The van der Waals surface area contributed by atoms with Crippen molar-refractivity contribution in [1.82, 2.24) is 9.80 Å². The minimum Gasteiger partial charge on any atom is -0.375 e. The van der Waals surface area contributed by atoms with Crippen LogP contribution in [0.4, 0.5) is 0 Å². The van der Waals surface area contributed by atoms with Crippen LogP contribution in [-0.2, 0) is 14.3 Å². The van der Waals surface area contributed by atoms with Crippen LogP contribution >= 0.6 is 0 Å². The zero-order valence-corrected chi connectivity index (χ0v) is 14.9. The minimum absolute atomic E-state index is 0.0833. The molecule has 0 N–H and O–H groups in total. The first-order valence-corrected chi connectivity index (χ1v) is 9.13. The molecule has 2 aliphatic heterocycles. The van der Waals surface area contributed by atoms with Crippen LogP contribution in [0.2, 0.25) is 0 Å². The highest BCUT2D eigenvalue weighted by molar-refractivity contribution is 5.80. The molecule has 5 nitrogen and oxygen atoms in total. The van der Waals surface area contributed by atoms with Crippen molar-refractivity contribution >= 4 is 11.8 Å². The molecule has 2 aliphatic rings. The molecule has 0 aliphatic carbocycles. The van der Waals surface area contributed by atoms with Gasteiger partial charge in [0.05, 0.1) is 12.7 Å². The van der Waals surface area contributed by atoms with E-state index in [4.69, 9.17) is 4.74 Å². The van der Waals surface area contributed by atoms with Gasteiger partial charge >= 0.3 is 0 Å². The van der Waals surface area contributed by atoms with Crippen molar-refractivity contribution in [2.45, 2.75) is 59.0 Å².